The molecule has 0 radical (unpaired) electrons. The number of nitro groups is 1. The number of anilines is 1. The summed E-state index contributed by atoms with van der Waals surface area (Å²) in [6, 6.07) is 3.80. The minimum absolute atomic E-state index is 0.0221. The number of hydrogen-bond acceptors (Lipinski definition) is 7. The van der Waals surface area contributed by atoms with Crippen LogP contribution in [0.2, 0.25) is 5.02 Å². The summed E-state index contributed by atoms with van der Waals surface area (Å²) in [6.07, 6.45) is 1.60. The molecule has 0 bridgehead atoms. The molecule has 0 saturated heterocycles. The first-order valence-corrected chi connectivity index (χ1v) is 10.9. The number of non-ortho nitro benzene ring substituents is 1. The molecule has 2 heterocycles. The van der Waals surface area contributed by atoms with E-state index in [4.69, 9.17) is 11.6 Å². The maximum absolute atomic E-state index is 12.9. The lowest BCUT2D eigenvalue weighted by Crippen LogP contribution is -2.23. The molecule has 1 aromatic carbocycles. The molecule has 0 spiro atoms. The van der Waals surface area contributed by atoms with Crippen molar-refractivity contribution in [2.75, 3.05) is 11.1 Å². The zero-order valence-electron chi connectivity index (χ0n) is 16.1. The maximum Gasteiger partial charge on any atom is 0.271 e. The fourth-order valence-corrected chi connectivity index (χ4v) is 4.85. The van der Waals surface area contributed by atoms with Crippen LogP contribution < -0.4 is 10.9 Å². The molecule has 11 heteroatoms. The molecule has 0 saturated carbocycles. The number of hydrogen-bond donors (Lipinski definition) is 1. The van der Waals surface area contributed by atoms with Gasteiger partial charge in [-0.25, -0.2) is 4.98 Å². The fourth-order valence-electron chi connectivity index (χ4n) is 2.74. The molecular formula is C19H17ClN4O4S2. The molecule has 1 N–H and O–H groups in total. The van der Waals surface area contributed by atoms with Crippen LogP contribution in [0, 0.1) is 24.0 Å². The molecule has 30 heavy (non-hydrogen) atoms. The number of fused-ring (bicyclic) bond motifs is 1. The van der Waals surface area contributed by atoms with Gasteiger partial charge in [-0.1, -0.05) is 29.4 Å². The molecule has 0 aliphatic heterocycles. The molecule has 0 atom stereocenters. The smallest absolute Gasteiger partial charge is 0.271 e. The standard InChI is InChI=1S/C19H17ClN4O4S2/c1-4-7-23-18(26)16-10(2)11(3)30-17(16)22-19(23)29-9-15(25)21-14-6-5-12(24(27)28)8-13(14)20/h4-6,8H,1,7,9H2,2-3H3,(H,21,25). The Kier molecular flexibility index (Phi) is 6.59. The van der Waals surface area contributed by atoms with Gasteiger partial charge in [-0.2, -0.15) is 0 Å². The quantitative estimate of drug-likeness (QED) is 0.181. The van der Waals surface area contributed by atoms with E-state index in [2.05, 4.69) is 16.9 Å². The SMILES string of the molecule is C=CCn1c(SCC(=O)Nc2ccc([N+](=O)[O-])cc2Cl)nc2sc(C)c(C)c2c1=O. The monoisotopic (exact) mass is 464 g/mol. The van der Waals surface area contributed by atoms with Crippen molar-refractivity contribution >= 4 is 62.2 Å². The maximum atomic E-state index is 12.9. The normalized spacial score (nSPS) is 10.9. The molecule has 1 amide bonds. The van der Waals surface area contributed by atoms with Gasteiger partial charge in [0.1, 0.15) is 4.83 Å². The highest BCUT2D eigenvalue weighted by molar-refractivity contribution is 7.99. The summed E-state index contributed by atoms with van der Waals surface area (Å²) in [4.78, 5) is 41.8. The second-order valence-electron chi connectivity index (χ2n) is 6.32. The van der Waals surface area contributed by atoms with Gasteiger partial charge in [0.25, 0.3) is 11.2 Å². The number of thioether (sulfide) groups is 1. The van der Waals surface area contributed by atoms with E-state index >= 15 is 0 Å². The van der Waals surface area contributed by atoms with Crippen LogP contribution in [0.25, 0.3) is 10.2 Å². The average Bonchev–Trinajstić information content (AvgIpc) is 2.98. The van der Waals surface area contributed by atoms with Gasteiger partial charge in [-0.05, 0) is 25.5 Å². The number of carbonyl (C=O) groups excluding carboxylic acids is 1. The lowest BCUT2D eigenvalue weighted by atomic mass is 10.2. The van der Waals surface area contributed by atoms with Crippen LogP contribution >= 0.6 is 34.7 Å². The van der Waals surface area contributed by atoms with Gasteiger partial charge in [0.2, 0.25) is 5.91 Å². The average molecular weight is 465 g/mol. The van der Waals surface area contributed by atoms with Crippen molar-refractivity contribution in [3.05, 3.63) is 66.8 Å². The van der Waals surface area contributed by atoms with E-state index in [0.717, 1.165) is 22.2 Å². The molecule has 0 unspecified atom stereocenters. The van der Waals surface area contributed by atoms with Gasteiger partial charge in [0, 0.05) is 23.6 Å². The highest BCUT2D eigenvalue weighted by Gasteiger charge is 2.18. The highest BCUT2D eigenvalue weighted by Crippen LogP contribution is 2.29. The summed E-state index contributed by atoms with van der Waals surface area (Å²) in [5.74, 6) is -0.403. The highest BCUT2D eigenvalue weighted by atomic mass is 35.5. The second-order valence-corrected chi connectivity index (χ2v) is 8.87. The van der Waals surface area contributed by atoms with Gasteiger partial charge >= 0.3 is 0 Å². The number of aromatic nitrogens is 2. The number of halogens is 1. The molecule has 0 fully saturated rings. The first-order valence-electron chi connectivity index (χ1n) is 8.71. The number of nitrogens with zero attached hydrogens (tertiary/aromatic N) is 3. The number of allylic oxidation sites excluding steroid dienone is 1. The van der Waals surface area contributed by atoms with Crippen molar-refractivity contribution in [2.45, 2.75) is 25.5 Å². The summed E-state index contributed by atoms with van der Waals surface area (Å²) in [7, 11) is 0. The number of rotatable bonds is 7. The first kappa shape index (κ1) is 22.0. The minimum atomic E-state index is -0.567. The van der Waals surface area contributed by atoms with E-state index in [1.54, 1.807) is 6.08 Å². The molecule has 8 nitrogen and oxygen atoms in total. The van der Waals surface area contributed by atoms with E-state index < -0.39 is 4.92 Å². The van der Waals surface area contributed by atoms with Crippen LogP contribution in [0.5, 0.6) is 0 Å². The largest absolute Gasteiger partial charge is 0.324 e. The summed E-state index contributed by atoms with van der Waals surface area (Å²) in [5, 5.41) is 14.5. The number of amides is 1. The Morgan fingerprint density at radius 1 is 1.47 bits per heavy atom. The van der Waals surface area contributed by atoms with Crippen molar-refractivity contribution in [3.63, 3.8) is 0 Å². The summed E-state index contributed by atoms with van der Waals surface area (Å²) in [6.45, 7) is 7.79. The Balaban J connectivity index is 1.82. The molecule has 0 aliphatic carbocycles. The van der Waals surface area contributed by atoms with Crippen molar-refractivity contribution in [2.24, 2.45) is 0 Å². The molecule has 3 aromatic rings. The topological polar surface area (TPSA) is 107 Å². The van der Waals surface area contributed by atoms with Crippen LogP contribution in [0.3, 0.4) is 0 Å². The Hall–Kier alpha value is -2.69. The Morgan fingerprint density at radius 2 is 2.20 bits per heavy atom. The molecular weight excluding hydrogens is 448 g/mol. The third-order valence-electron chi connectivity index (χ3n) is 4.34. The number of nitrogens with one attached hydrogen (secondary N) is 1. The molecule has 2 aromatic heterocycles. The van der Waals surface area contributed by atoms with Gasteiger partial charge in [0.15, 0.2) is 5.16 Å². The molecule has 156 valence electrons. The Bertz CT molecular complexity index is 1240. The zero-order chi connectivity index (χ0) is 22.0. The van der Waals surface area contributed by atoms with Crippen LogP contribution in [0.15, 0.2) is 40.8 Å². The Morgan fingerprint density at radius 3 is 2.83 bits per heavy atom. The van der Waals surface area contributed by atoms with E-state index in [9.17, 15) is 19.7 Å². The van der Waals surface area contributed by atoms with Crippen LogP contribution in [0.4, 0.5) is 11.4 Å². The Labute approximate surface area is 184 Å². The van der Waals surface area contributed by atoms with Crippen molar-refractivity contribution < 1.29 is 9.72 Å². The number of nitro benzene ring substituents is 1. The van der Waals surface area contributed by atoms with Crippen LogP contribution in [-0.2, 0) is 11.3 Å². The predicted molar refractivity (Wildman–Crippen MR) is 121 cm³/mol. The van der Waals surface area contributed by atoms with Crippen molar-refractivity contribution in [1.29, 1.82) is 0 Å². The van der Waals surface area contributed by atoms with E-state index in [1.807, 2.05) is 13.8 Å². The van der Waals surface area contributed by atoms with Crippen molar-refractivity contribution in [1.82, 2.24) is 9.55 Å². The van der Waals surface area contributed by atoms with E-state index in [0.29, 0.717) is 15.4 Å². The van der Waals surface area contributed by atoms with Crippen LogP contribution in [0.1, 0.15) is 10.4 Å². The van der Waals surface area contributed by atoms with Crippen molar-refractivity contribution in [3.8, 4) is 0 Å². The van der Waals surface area contributed by atoms with Gasteiger partial charge in [0.05, 0.1) is 26.8 Å². The third kappa shape index (κ3) is 4.40. The van der Waals surface area contributed by atoms with E-state index in [1.165, 1.54) is 34.1 Å². The summed E-state index contributed by atoms with van der Waals surface area (Å²) in [5.41, 5.74) is 0.847. The van der Waals surface area contributed by atoms with Gasteiger partial charge < -0.3 is 5.32 Å². The lowest BCUT2D eigenvalue weighted by molar-refractivity contribution is -0.384. The number of aryl methyl sites for hydroxylation is 2. The third-order valence-corrected chi connectivity index (χ3v) is 6.73. The number of carbonyl (C=O) groups is 1. The molecule has 0 aliphatic rings. The second kappa shape index (κ2) is 8.99. The molecule has 3 rings (SSSR count). The van der Waals surface area contributed by atoms with Crippen LogP contribution in [-0.4, -0.2) is 26.1 Å². The van der Waals surface area contributed by atoms with Gasteiger partial charge in [-0.15, -0.1) is 17.9 Å². The first-order chi connectivity index (χ1) is 14.2. The number of thiophene rings is 1. The minimum Gasteiger partial charge on any atom is -0.324 e. The summed E-state index contributed by atoms with van der Waals surface area (Å²) >= 11 is 8.57. The number of benzene rings is 1. The lowest BCUT2D eigenvalue weighted by Gasteiger charge is -2.11. The van der Waals surface area contributed by atoms with E-state index in [-0.39, 0.29) is 40.2 Å². The van der Waals surface area contributed by atoms with Gasteiger partial charge in [-0.3, -0.25) is 24.3 Å². The summed E-state index contributed by atoms with van der Waals surface area (Å²) < 4.78 is 1.49. The fraction of sp³-hybridized carbons (Fsp3) is 0.211. The zero-order valence-corrected chi connectivity index (χ0v) is 18.5. The predicted octanol–water partition coefficient (Wildman–Crippen LogP) is 4.55.